The zero-order valence-corrected chi connectivity index (χ0v) is 17.2. The summed E-state index contributed by atoms with van der Waals surface area (Å²) in [6, 6.07) is 0. The van der Waals surface area contributed by atoms with E-state index in [1.807, 2.05) is 0 Å². The molecule has 0 unspecified atom stereocenters. The second-order valence-electron chi connectivity index (χ2n) is 4.50. The molecule has 0 aromatic heterocycles. The molecule has 0 fully saturated rings. The predicted octanol–water partition coefficient (Wildman–Crippen LogP) is -2.49. The summed E-state index contributed by atoms with van der Waals surface area (Å²) in [5.41, 5.74) is 0. The first kappa shape index (κ1) is 31.1. The van der Waals surface area contributed by atoms with E-state index in [1.165, 1.54) is 31.3 Å². The average Bonchev–Trinajstić information content (AvgIpc) is 2.35. The van der Waals surface area contributed by atoms with Gasteiger partial charge in [-0.05, 0) is 20.8 Å². The van der Waals surface area contributed by atoms with E-state index in [4.69, 9.17) is 0 Å². The maximum atomic E-state index is 9.83. The van der Waals surface area contributed by atoms with Crippen molar-refractivity contribution in [2.24, 2.45) is 0 Å². The molecule has 0 saturated heterocycles. The van der Waals surface area contributed by atoms with E-state index in [2.05, 4.69) is 6.92 Å². The maximum absolute atomic E-state index is 9.83. The third kappa shape index (κ3) is 72.0. The Kier molecular flexibility index (Phi) is 27.8. The Morgan fingerprint density at radius 3 is 0.800 bits per heavy atom. The molecule has 0 rings (SSSR count). The summed E-state index contributed by atoms with van der Waals surface area (Å²) in [6.07, 6.45) is -0.0572. The number of carboxylic acids is 3. The van der Waals surface area contributed by atoms with E-state index >= 15 is 0 Å². The van der Waals surface area contributed by atoms with Crippen molar-refractivity contribution in [3.8, 4) is 0 Å². The third-order valence-electron chi connectivity index (χ3n) is 1.43. The Bertz CT molecular complexity index is 344. The first-order valence-corrected chi connectivity index (χ1v) is 8.76. The van der Waals surface area contributed by atoms with Crippen molar-refractivity contribution in [1.82, 2.24) is 0 Å². The van der Waals surface area contributed by atoms with Crippen molar-refractivity contribution in [2.75, 3.05) is 0 Å². The van der Waals surface area contributed by atoms with Gasteiger partial charge in [0.1, 0.15) is 17.3 Å². The van der Waals surface area contributed by atoms with Gasteiger partial charge in [0, 0.05) is 37.2 Å². The van der Waals surface area contributed by atoms with Gasteiger partial charge in [0.15, 0.2) is 0 Å². The van der Waals surface area contributed by atoms with Crippen LogP contribution in [0.3, 0.4) is 0 Å². The van der Waals surface area contributed by atoms with Crippen LogP contribution in [0.1, 0.15) is 53.4 Å². The molecule has 9 nitrogen and oxygen atoms in total. The van der Waals surface area contributed by atoms with Crippen LogP contribution < -0.4 is 15.3 Å². The van der Waals surface area contributed by atoms with Gasteiger partial charge in [0.2, 0.25) is 0 Å². The fraction of sp³-hybridized carbons (Fsp3) is 0.600. The fourth-order valence-electron chi connectivity index (χ4n) is 0.610. The Balaban J connectivity index is -0.000000120. The third-order valence-corrected chi connectivity index (χ3v) is 2.66. The standard InChI is InChI=1S/3C4H6O3.C3H7.Zr/c3*1-3(5)2-4(6)7;1-3-2;/h3*2H2,1H3,(H,6,7);1,3H2,2H3;/q;;;;+3/p-3. The first-order valence-electron chi connectivity index (χ1n) is 7.02. The summed E-state index contributed by atoms with van der Waals surface area (Å²) in [6.45, 7) is 5.82. The van der Waals surface area contributed by atoms with Crippen LogP contribution >= 0.6 is 0 Å². The van der Waals surface area contributed by atoms with Gasteiger partial charge in [-0.2, -0.15) is 0 Å². The van der Waals surface area contributed by atoms with Crippen molar-refractivity contribution in [3.63, 3.8) is 0 Å². The molecule has 0 amide bonds. The minimum atomic E-state index is -1.31. The Morgan fingerprint density at radius 1 is 0.640 bits per heavy atom. The van der Waals surface area contributed by atoms with Crippen LogP contribution in [0.15, 0.2) is 0 Å². The second kappa shape index (κ2) is 22.3. The van der Waals surface area contributed by atoms with Gasteiger partial charge in [0.05, 0.1) is 0 Å². The number of Topliss-reactive ketones (excluding diaryl/α,β-unsaturated/α-hetero) is 3. The number of aliphatic carboxylic acids is 3. The Morgan fingerprint density at radius 2 is 0.800 bits per heavy atom. The molecule has 0 saturated carbocycles. The van der Waals surface area contributed by atoms with Gasteiger partial charge < -0.3 is 29.7 Å². The molecule has 10 heteroatoms. The van der Waals surface area contributed by atoms with E-state index in [9.17, 15) is 44.1 Å². The zero-order valence-electron chi connectivity index (χ0n) is 14.7. The van der Waals surface area contributed by atoms with Crippen LogP contribution in [0.4, 0.5) is 0 Å². The monoisotopic (exact) mass is 436 g/mol. The van der Waals surface area contributed by atoms with Gasteiger partial charge in [-0.3, -0.25) is 14.4 Å². The molecule has 25 heavy (non-hydrogen) atoms. The number of hydrogen-bond acceptors (Lipinski definition) is 9. The molecule has 0 N–H and O–H groups in total. The Hall–Kier alpha value is -1.70. The average molecular weight is 438 g/mol. The number of carbonyl (C=O) groups excluding carboxylic acids is 6. The molecule has 0 aromatic carbocycles. The van der Waals surface area contributed by atoms with E-state index in [1.54, 1.807) is 24.7 Å². The molecular formula is C15H22O9Zr. The predicted molar refractivity (Wildman–Crippen MR) is 76.0 cm³/mol. The van der Waals surface area contributed by atoms with Crippen molar-refractivity contribution < 1.29 is 68.8 Å². The first-order chi connectivity index (χ1) is 11.3. The fourth-order valence-corrected chi connectivity index (χ4v) is 0.610. The summed E-state index contributed by atoms with van der Waals surface area (Å²) in [4.78, 5) is 57.9. The van der Waals surface area contributed by atoms with E-state index < -0.39 is 37.2 Å². The molecule has 0 spiro atoms. The molecule has 0 atom stereocenters. The summed E-state index contributed by atoms with van der Waals surface area (Å²) in [5.74, 6) is -5.06. The molecule has 0 bridgehead atoms. The zero-order chi connectivity index (χ0) is 21.0. The van der Waals surface area contributed by atoms with E-state index in [0.29, 0.717) is 0 Å². The van der Waals surface area contributed by atoms with Gasteiger partial charge in [-0.1, -0.05) is 0 Å². The summed E-state index contributed by atoms with van der Waals surface area (Å²) in [7, 11) is 0. The number of rotatable bonds is 7. The summed E-state index contributed by atoms with van der Waals surface area (Å²) >= 11 is 1.67. The van der Waals surface area contributed by atoms with Crippen LogP contribution in [0.25, 0.3) is 0 Å². The number of hydrogen-bond donors (Lipinski definition) is 0. The van der Waals surface area contributed by atoms with Crippen LogP contribution in [-0.4, -0.2) is 35.3 Å². The topological polar surface area (TPSA) is 172 Å². The molecule has 0 radical (unpaired) electrons. The van der Waals surface area contributed by atoms with Crippen LogP contribution in [0.5, 0.6) is 0 Å². The summed E-state index contributed by atoms with van der Waals surface area (Å²) in [5, 5.41) is 28.4. The Labute approximate surface area is 161 Å². The number of ketones is 3. The molecule has 0 aliphatic rings. The quantitative estimate of drug-likeness (QED) is 0.390. The second-order valence-corrected chi connectivity index (χ2v) is 5.73. The van der Waals surface area contributed by atoms with Gasteiger partial charge >= 0.3 is 42.2 Å². The summed E-state index contributed by atoms with van der Waals surface area (Å²) < 4.78 is 1.41. The van der Waals surface area contributed by atoms with Crippen molar-refractivity contribution in [2.45, 2.75) is 57.5 Å². The number of carbonyl (C=O) groups is 6. The SMILES string of the molecule is CC(=O)CC(=O)[O-].CC(=O)CC(=O)[O-].CC(=O)CC(=O)[O-].CC[CH2][Zr+3]. The van der Waals surface area contributed by atoms with Crippen LogP contribution in [-0.2, 0) is 53.5 Å². The molecule has 0 aliphatic carbocycles. The van der Waals surface area contributed by atoms with E-state index in [-0.39, 0.29) is 17.3 Å². The molecular weight excluding hydrogens is 415 g/mol. The molecule has 0 heterocycles. The normalized spacial score (nSPS) is 8.08. The van der Waals surface area contributed by atoms with Crippen molar-refractivity contribution >= 4 is 35.3 Å². The molecule has 0 aromatic rings. The van der Waals surface area contributed by atoms with Crippen molar-refractivity contribution in [3.05, 3.63) is 0 Å². The van der Waals surface area contributed by atoms with Crippen LogP contribution in [0.2, 0.25) is 4.13 Å². The minimum absolute atomic E-state index is 0.375. The molecule has 0 aliphatic heterocycles. The van der Waals surface area contributed by atoms with E-state index in [0.717, 1.165) is 0 Å². The number of carboxylic acid groups (broad SMARTS) is 3. The van der Waals surface area contributed by atoms with Gasteiger partial charge in [0.25, 0.3) is 0 Å². The molecule has 140 valence electrons. The van der Waals surface area contributed by atoms with Gasteiger partial charge in [-0.25, -0.2) is 0 Å². The van der Waals surface area contributed by atoms with Crippen molar-refractivity contribution in [1.29, 1.82) is 0 Å². The van der Waals surface area contributed by atoms with Gasteiger partial charge in [-0.15, -0.1) is 0 Å². The van der Waals surface area contributed by atoms with Crippen LogP contribution in [0, 0.1) is 0 Å².